The summed E-state index contributed by atoms with van der Waals surface area (Å²) in [6.07, 6.45) is 0.178. The van der Waals surface area contributed by atoms with E-state index < -0.39 is 17.7 Å². The van der Waals surface area contributed by atoms with E-state index in [2.05, 4.69) is 16.0 Å². The minimum absolute atomic E-state index is 0.0646. The zero-order valence-electron chi connectivity index (χ0n) is 23.5. The van der Waals surface area contributed by atoms with Crippen LogP contribution in [-0.2, 0) is 33.9 Å². The van der Waals surface area contributed by atoms with E-state index >= 15 is 0 Å². The van der Waals surface area contributed by atoms with Crippen LogP contribution in [0.5, 0.6) is 0 Å². The van der Waals surface area contributed by atoms with Crippen LogP contribution in [0.1, 0.15) is 29.5 Å². The van der Waals surface area contributed by atoms with Crippen molar-refractivity contribution in [3.63, 3.8) is 0 Å². The fourth-order valence-electron chi connectivity index (χ4n) is 4.50. The Labute approximate surface area is 255 Å². The predicted molar refractivity (Wildman–Crippen MR) is 168 cm³/mol. The summed E-state index contributed by atoms with van der Waals surface area (Å²) in [5, 5.41) is 8.72. The topological polar surface area (TPSA) is 106 Å². The van der Waals surface area contributed by atoms with Crippen LogP contribution in [0.4, 0.5) is 9.59 Å². The summed E-state index contributed by atoms with van der Waals surface area (Å²) < 4.78 is 11.1. The Morgan fingerprint density at radius 2 is 1.24 bits per heavy atom. The SMILES string of the molecule is O=C(NCC[C@@](Cc1ccccc1)(NC(=O)OCc1ccccc1)C(=O)NCC1SCCCS1)OCc1ccccc1. The van der Waals surface area contributed by atoms with Crippen molar-refractivity contribution in [1.29, 1.82) is 0 Å². The molecule has 0 spiro atoms. The van der Waals surface area contributed by atoms with Gasteiger partial charge in [0.1, 0.15) is 18.8 Å². The molecule has 3 aromatic rings. The average Bonchev–Trinajstić information content (AvgIpc) is 3.03. The van der Waals surface area contributed by atoms with Crippen LogP contribution in [0.15, 0.2) is 91.0 Å². The predicted octanol–water partition coefficient (Wildman–Crippen LogP) is 5.52. The van der Waals surface area contributed by atoms with Gasteiger partial charge in [-0.15, -0.1) is 23.5 Å². The quantitative estimate of drug-likeness (QED) is 0.235. The van der Waals surface area contributed by atoms with Gasteiger partial charge in [-0.25, -0.2) is 9.59 Å². The lowest BCUT2D eigenvalue weighted by molar-refractivity contribution is -0.127. The van der Waals surface area contributed by atoms with Gasteiger partial charge in [-0.1, -0.05) is 91.0 Å². The van der Waals surface area contributed by atoms with Crippen molar-refractivity contribution < 1.29 is 23.9 Å². The van der Waals surface area contributed by atoms with Crippen LogP contribution in [0.25, 0.3) is 0 Å². The molecule has 1 atom stereocenters. The molecule has 4 rings (SSSR count). The molecule has 0 aromatic heterocycles. The number of amides is 3. The average molecular weight is 608 g/mol. The lowest BCUT2D eigenvalue weighted by Crippen LogP contribution is -2.62. The van der Waals surface area contributed by atoms with Crippen LogP contribution >= 0.6 is 23.5 Å². The molecule has 222 valence electrons. The second kappa shape index (κ2) is 16.7. The number of thioether (sulfide) groups is 2. The van der Waals surface area contributed by atoms with E-state index in [1.807, 2.05) is 115 Å². The molecule has 1 aliphatic heterocycles. The number of hydrogen-bond donors (Lipinski definition) is 3. The Hall–Kier alpha value is -3.63. The van der Waals surface area contributed by atoms with E-state index in [9.17, 15) is 14.4 Å². The van der Waals surface area contributed by atoms with Crippen LogP contribution in [0.2, 0.25) is 0 Å². The van der Waals surface area contributed by atoms with Gasteiger partial charge in [0.2, 0.25) is 5.91 Å². The molecule has 3 aromatic carbocycles. The highest BCUT2D eigenvalue weighted by Crippen LogP contribution is 2.30. The molecule has 1 saturated heterocycles. The van der Waals surface area contributed by atoms with Crippen molar-refractivity contribution in [2.45, 2.75) is 42.6 Å². The number of alkyl carbamates (subject to hydrolysis) is 2. The fourth-order valence-corrected chi connectivity index (χ4v) is 7.19. The number of rotatable bonds is 13. The number of hydrogen-bond acceptors (Lipinski definition) is 7. The van der Waals surface area contributed by atoms with Gasteiger partial charge in [0, 0.05) is 19.5 Å². The first-order chi connectivity index (χ1) is 20.5. The van der Waals surface area contributed by atoms with E-state index in [1.54, 1.807) is 0 Å². The van der Waals surface area contributed by atoms with Crippen LogP contribution in [0.3, 0.4) is 0 Å². The highest BCUT2D eigenvalue weighted by atomic mass is 32.2. The Morgan fingerprint density at radius 3 is 1.81 bits per heavy atom. The van der Waals surface area contributed by atoms with Gasteiger partial charge in [0.05, 0.1) is 4.58 Å². The first kappa shape index (κ1) is 31.3. The molecule has 10 heteroatoms. The molecule has 0 saturated carbocycles. The molecule has 1 aliphatic rings. The van der Waals surface area contributed by atoms with Crippen LogP contribution in [-0.4, -0.2) is 52.8 Å². The Kier molecular flexibility index (Phi) is 12.5. The highest BCUT2D eigenvalue weighted by molar-refractivity contribution is 8.17. The number of ether oxygens (including phenoxy) is 2. The van der Waals surface area contributed by atoms with Gasteiger partial charge in [-0.05, 0) is 41.0 Å². The highest BCUT2D eigenvalue weighted by Gasteiger charge is 2.41. The minimum atomic E-state index is -1.38. The number of benzene rings is 3. The summed E-state index contributed by atoms with van der Waals surface area (Å²) in [6, 6.07) is 28.2. The molecular formula is C32H37N3O5S2. The van der Waals surface area contributed by atoms with E-state index in [-0.39, 0.29) is 43.1 Å². The first-order valence-corrected chi connectivity index (χ1v) is 16.1. The fraction of sp³-hybridized carbons (Fsp3) is 0.344. The monoisotopic (exact) mass is 607 g/mol. The summed E-state index contributed by atoms with van der Waals surface area (Å²) in [6.45, 7) is 0.760. The summed E-state index contributed by atoms with van der Waals surface area (Å²) in [5.74, 6) is 1.79. The molecule has 0 bridgehead atoms. The molecular weight excluding hydrogens is 571 g/mol. The maximum atomic E-state index is 14.0. The van der Waals surface area contributed by atoms with Crippen LogP contribution < -0.4 is 16.0 Å². The van der Waals surface area contributed by atoms with Gasteiger partial charge in [0.15, 0.2) is 0 Å². The van der Waals surface area contributed by atoms with Gasteiger partial charge in [-0.3, -0.25) is 4.79 Å². The third-order valence-corrected chi connectivity index (χ3v) is 9.64. The molecule has 1 heterocycles. The van der Waals surface area contributed by atoms with Crippen molar-refractivity contribution in [3.05, 3.63) is 108 Å². The van der Waals surface area contributed by atoms with E-state index in [0.29, 0.717) is 6.54 Å². The summed E-state index contributed by atoms with van der Waals surface area (Å²) in [4.78, 5) is 39.6. The van der Waals surface area contributed by atoms with Crippen molar-refractivity contribution >= 4 is 41.6 Å². The molecule has 0 unspecified atom stereocenters. The second-order valence-corrected chi connectivity index (χ2v) is 12.8. The maximum absolute atomic E-state index is 14.0. The zero-order chi connectivity index (χ0) is 29.5. The minimum Gasteiger partial charge on any atom is -0.445 e. The maximum Gasteiger partial charge on any atom is 0.408 e. The largest absolute Gasteiger partial charge is 0.445 e. The third-order valence-electron chi connectivity index (χ3n) is 6.70. The third kappa shape index (κ3) is 10.3. The second-order valence-electron chi connectivity index (χ2n) is 9.90. The van der Waals surface area contributed by atoms with Crippen LogP contribution in [0, 0.1) is 0 Å². The molecule has 0 aliphatic carbocycles. The molecule has 1 fully saturated rings. The van der Waals surface area contributed by atoms with Crippen molar-refractivity contribution in [1.82, 2.24) is 16.0 Å². The molecule has 8 nitrogen and oxygen atoms in total. The Balaban J connectivity index is 1.47. The lowest BCUT2D eigenvalue weighted by atomic mass is 9.86. The van der Waals surface area contributed by atoms with Gasteiger partial charge in [0.25, 0.3) is 0 Å². The Bertz CT molecular complexity index is 1260. The van der Waals surface area contributed by atoms with E-state index in [4.69, 9.17) is 9.47 Å². The first-order valence-electron chi connectivity index (χ1n) is 14.0. The van der Waals surface area contributed by atoms with E-state index in [1.165, 1.54) is 0 Å². The van der Waals surface area contributed by atoms with Gasteiger partial charge >= 0.3 is 12.2 Å². The number of carbonyl (C=O) groups excluding carboxylic acids is 3. The lowest BCUT2D eigenvalue weighted by Gasteiger charge is -2.34. The number of nitrogens with one attached hydrogen (secondary N) is 3. The van der Waals surface area contributed by atoms with E-state index in [0.717, 1.165) is 34.6 Å². The van der Waals surface area contributed by atoms with Crippen molar-refractivity contribution in [2.24, 2.45) is 0 Å². The van der Waals surface area contributed by atoms with Crippen molar-refractivity contribution in [3.8, 4) is 0 Å². The molecule has 42 heavy (non-hydrogen) atoms. The molecule has 3 N–H and O–H groups in total. The normalized spacial score (nSPS) is 14.7. The van der Waals surface area contributed by atoms with Crippen molar-refractivity contribution in [2.75, 3.05) is 24.6 Å². The van der Waals surface area contributed by atoms with Gasteiger partial charge < -0.3 is 25.4 Å². The summed E-state index contributed by atoms with van der Waals surface area (Å²) >= 11 is 3.65. The molecule has 0 radical (unpaired) electrons. The molecule has 3 amide bonds. The summed E-state index contributed by atoms with van der Waals surface area (Å²) in [7, 11) is 0. The zero-order valence-corrected chi connectivity index (χ0v) is 25.1. The summed E-state index contributed by atoms with van der Waals surface area (Å²) in [5.41, 5.74) is 1.18. The Morgan fingerprint density at radius 1 is 0.714 bits per heavy atom. The smallest absolute Gasteiger partial charge is 0.408 e. The standard InChI is InChI=1S/C32H37N3O5S2/c36-29(34-22-28-41-19-10-20-42-28)32(21-25-11-4-1-5-12-25,35-31(38)40-24-27-15-8-3-9-16-27)17-18-33-30(37)39-23-26-13-6-2-7-14-26/h1-9,11-16,28H,10,17-24H2,(H,33,37)(H,34,36)(H,35,38)/t32-/m0/s1. The number of carbonyl (C=O) groups is 3. The van der Waals surface area contributed by atoms with Gasteiger partial charge in [-0.2, -0.15) is 0 Å².